The van der Waals surface area contributed by atoms with Gasteiger partial charge in [0.1, 0.15) is 12.2 Å². The summed E-state index contributed by atoms with van der Waals surface area (Å²) in [6.07, 6.45) is -7.47. The van der Waals surface area contributed by atoms with Gasteiger partial charge in [0.15, 0.2) is 0 Å². The van der Waals surface area contributed by atoms with Crippen LogP contribution in [-0.2, 0) is 14.4 Å². The number of hydrogen-bond donors (Lipinski definition) is 7. The maximum Gasteiger partial charge on any atom is 0.490 e. The number of aliphatic carboxylic acids is 2. The first kappa shape index (κ1) is 25.0. The van der Waals surface area contributed by atoms with Crippen LogP contribution in [0, 0.1) is 11.8 Å². The van der Waals surface area contributed by atoms with Crippen LogP contribution >= 0.6 is 0 Å². The Hall–Kier alpha value is -1.96. The predicted octanol–water partition coefficient (Wildman–Crippen LogP) is -1.72. The highest BCUT2D eigenvalue weighted by Gasteiger charge is 2.44. The number of nitrogens with one attached hydrogen (secondary N) is 1. The molecule has 0 aromatic rings. The molecule has 0 bridgehead atoms. The Balaban J connectivity index is 0.000000821. The molecule has 1 saturated carbocycles. The van der Waals surface area contributed by atoms with E-state index in [9.17, 15) is 33.0 Å². The van der Waals surface area contributed by atoms with E-state index in [4.69, 9.17) is 25.8 Å². The molecule has 27 heavy (non-hydrogen) atoms. The Bertz CT molecular complexity index is 531. The molecule has 158 valence electrons. The molecule has 0 saturated heterocycles. The van der Waals surface area contributed by atoms with E-state index in [1.54, 1.807) is 0 Å². The van der Waals surface area contributed by atoms with E-state index in [0.29, 0.717) is 0 Å². The van der Waals surface area contributed by atoms with E-state index in [1.165, 1.54) is 6.92 Å². The smallest absolute Gasteiger partial charge is 0.481 e. The van der Waals surface area contributed by atoms with Gasteiger partial charge in [0, 0.05) is 13.0 Å². The first-order valence-corrected chi connectivity index (χ1v) is 7.74. The normalized spacial score (nSPS) is 25.6. The van der Waals surface area contributed by atoms with Gasteiger partial charge in [-0.25, -0.2) is 4.79 Å². The zero-order valence-corrected chi connectivity index (χ0v) is 14.3. The lowest BCUT2D eigenvalue weighted by Gasteiger charge is -2.33. The minimum absolute atomic E-state index is 0.205. The van der Waals surface area contributed by atoms with Crippen LogP contribution < -0.4 is 11.1 Å². The first-order chi connectivity index (χ1) is 12.2. The van der Waals surface area contributed by atoms with Crippen LogP contribution in [-0.4, -0.2) is 80.5 Å². The molecule has 10 nitrogen and oxygen atoms in total. The summed E-state index contributed by atoms with van der Waals surface area (Å²) >= 11 is 0. The van der Waals surface area contributed by atoms with Gasteiger partial charge >= 0.3 is 18.1 Å². The number of hydrogen-bond acceptors (Lipinski definition) is 7. The van der Waals surface area contributed by atoms with E-state index in [1.807, 2.05) is 0 Å². The number of rotatable bonds is 6. The molecule has 1 rings (SSSR count). The number of carbonyl (C=O) groups excluding carboxylic acids is 1. The lowest BCUT2D eigenvalue weighted by atomic mass is 9.88. The molecule has 0 aromatic carbocycles. The van der Waals surface area contributed by atoms with E-state index in [-0.39, 0.29) is 12.8 Å². The lowest BCUT2D eigenvalue weighted by molar-refractivity contribution is -0.192. The quantitative estimate of drug-likeness (QED) is 0.270. The standard InChI is InChI=1S/C12H22N2O6.C2HF3O2/c1-5(16)14-10(11(18)9(17)4-15)7-2-6(12(19)20)3-8(7)13;3-2(4,5)1(6)7/h6-11,15,17-18H,2-4,13H2,1H3,(H,14,16)(H,19,20);(H,6,7)/t6?,7-,8+,9?,10?,11?;/m1./s1. The molecule has 0 heterocycles. The maximum absolute atomic E-state index is 11.2. The molecule has 0 spiro atoms. The highest BCUT2D eigenvalue weighted by molar-refractivity contribution is 5.74. The van der Waals surface area contributed by atoms with Gasteiger partial charge < -0.3 is 36.6 Å². The highest BCUT2D eigenvalue weighted by atomic mass is 19.4. The van der Waals surface area contributed by atoms with Crippen molar-refractivity contribution in [2.24, 2.45) is 17.6 Å². The van der Waals surface area contributed by atoms with Crippen molar-refractivity contribution >= 4 is 17.8 Å². The van der Waals surface area contributed by atoms with Crippen molar-refractivity contribution in [3.63, 3.8) is 0 Å². The second-order valence-corrected chi connectivity index (χ2v) is 6.10. The van der Waals surface area contributed by atoms with Crippen molar-refractivity contribution < 1.29 is 53.1 Å². The van der Waals surface area contributed by atoms with Crippen LogP contribution in [0.1, 0.15) is 19.8 Å². The number of halogens is 3. The third kappa shape index (κ3) is 8.07. The molecule has 0 aromatic heterocycles. The monoisotopic (exact) mass is 404 g/mol. The lowest BCUT2D eigenvalue weighted by Crippen LogP contribution is -2.55. The van der Waals surface area contributed by atoms with Crippen molar-refractivity contribution in [1.29, 1.82) is 0 Å². The Morgan fingerprint density at radius 1 is 1.19 bits per heavy atom. The third-order valence-electron chi connectivity index (χ3n) is 4.04. The SMILES string of the molecule is CC(=O)NC(C(O)C(O)CO)[C@@H]1CC(C(=O)O)C[C@@H]1N.O=C(O)C(F)(F)F. The molecule has 1 aliphatic carbocycles. The topological polar surface area (TPSA) is 190 Å². The molecule has 0 radical (unpaired) electrons. The Morgan fingerprint density at radius 3 is 1.96 bits per heavy atom. The number of carboxylic acid groups (broad SMARTS) is 2. The summed E-state index contributed by atoms with van der Waals surface area (Å²) in [6.45, 7) is 0.585. The van der Waals surface area contributed by atoms with Crippen molar-refractivity contribution in [2.45, 2.75) is 50.2 Å². The van der Waals surface area contributed by atoms with Crippen LogP contribution in [0.5, 0.6) is 0 Å². The van der Waals surface area contributed by atoms with Crippen molar-refractivity contribution in [1.82, 2.24) is 5.32 Å². The van der Waals surface area contributed by atoms with Gasteiger partial charge in [0.25, 0.3) is 0 Å². The van der Waals surface area contributed by atoms with Crippen LogP contribution in [0.2, 0.25) is 0 Å². The van der Waals surface area contributed by atoms with E-state index in [0.717, 1.165) is 0 Å². The predicted molar refractivity (Wildman–Crippen MR) is 82.2 cm³/mol. The van der Waals surface area contributed by atoms with Crippen LogP contribution in [0.25, 0.3) is 0 Å². The number of amides is 1. The Kier molecular flexibility index (Phi) is 9.64. The number of aliphatic hydroxyl groups excluding tert-OH is 3. The summed E-state index contributed by atoms with van der Waals surface area (Å²) in [7, 11) is 0. The van der Waals surface area contributed by atoms with Gasteiger partial charge in [-0.1, -0.05) is 0 Å². The van der Waals surface area contributed by atoms with Crippen molar-refractivity contribution in [3.05, 3.63) is 0 Å². The largest absolute Gasteiger partial charge is 0.490 e. The summed E-state index contributed by atoms with van der Waals surface area (Å²) in [5.41, 5.74) is 5.89. The fraction of sp³-hybridized carbons (Fsp3) is 0.786. The van der Waals surface area contributed by atoms with Gasteiger partial charge in [-0.3, -0.25) is 9.59 Å². The average molecular weight is 404 g/mol. The average Bonchev–Trinajstić information content (AvgIpc) is 2.92. The zero-order valence-electron chi connectivity index (χ0n) is 14.3. The molecule has 8 N–H and O–H groups in total. The number of carbonyl (C=O) groups is 3. The zero-order chi connectivity index (χ0) is 21.5. The summed E-state index contributed by atoms with van der Waals surface area (Å²) in [6, 6.07) is -1.40. The van der Waals surface area contributed by atoms with E-state index in [2.05, 4.69) is 5.32 Å². The molecular formula is C14H23F3N2O8. The second kappa shape index (κ2) is 10.4. The molecule has 0 aliphatic heterocycles. The summed E-state index contributed by atoms with van der Waals surface area (Å²) in [5, 5.41) is 47.0. The van der Waals surface area contributed by atoms with Crippen molar-refractivity contribution in [3.8, 4) is 0 Å². The highest BCUT2D eigenvalue weighted by Crippen LogP contribution is 2.34. The van der Waals surface area contributed by atoms with E-state index < -0.39 is 66.8 Å². The Morgan fingerprint density at radius 2 is 1.67 bits per heavy atom. The maximum atomic E-state index is 11.2. The molecular weight excluding hydrogens is 381 g/mol. The minimum atomic E-state index is -5.08. The molecule has 4 unspecified atom stereocenters. The molecule has 6 atom stereocenters. The third-order valence-corrected chi connectivity index (χ3v) is 4.04. The molecule has 1 fully saturated rings. The minimum Gasteiger partial charge on any atom is -0.481 e. The fourth-order valence-corrected chi connectivity index (χ4v) is 2.75. The number of nitrogens with two attached hydrogens (primary N) is 1. The van der Waals surface area contributed by atoms with Gasteiger partial charge in [-0.05, 0) is 18.8 Å². The van der Waals surface area contributed by atoms with E-state index >= 15 is 0 Å². The fourth-order valence-electron chi connectivity index (χ4n) is 2.75. The van der Waals surface area contributed by atoms with Crippen LogP contribution in [0.3, 0.4) is 0 Å². The van der Waals surface area contributed by atoms with Crippen LogP contribution in [0.15, 0.2) is 0 Å². The summed E-state index contributed by atoms with van der Waals surface area (Å²) < 4.78 is 31.7. The van der Waals surface area contributed by atoms with Gasteiger partial charge in [0.05, 0.1) is 18.6 Å². The number of alkyl halides is 3. The van der Waals surface area contributed by atoms with Crippen molar-refractivity contribution in [2.75, 3.05) is 6.61 Å². The number of aliphatic hydroxyl groups is 3. The number of carboxylic acids is 2. The second-order valence-electron chi connectivity index (χ2n) is 6.10. The summed E-state index contributed by atoms with van der Waals surface area (Å²) in [4.78, 5) is 31.1. The van der Waals surface area contributed by atoms with Gasteiger partial charge in [0.2, 0.25) is 5.91 Å². The first-order valence-electron chi connectivity index (χ1n) is 7.74. The van der Waals surface area contributed by atoms with Crippen LogP contribution in [0.4, 0.5) is 13.2 Å². The Labute approximate surface area is 151 Å². The molecule has 1 aliphatic rings. The summed E-state index contributed by atoms with van der Waals surface area (Å²) in [5.74, 6) is -5.26. The molecule has 13 heteroatoms. The molecule has 1 amide bonds. The van der Waals surface area contributed by atoms with Gasteiger partial charge in [-0.2, -0.15) is 13.2 Å². The van der Waals surface area contributed by atoms with Gasteiger partial charge in [-0.15, -0.1) is 0 Å².